The largest absolute Gasteiger partial charge is 0.490 e. The van der Waals surface area contributed by atoms with Gasteiger partial charge in [-0.05, 0) is 74.6 Å². The molecule has 1 N–H and O–H groups in total. The van der Waals surface area contributed by atoms with Crippen molar-refractivity contribution in [3.8, 4) is 5.75 Å². The van der Waals surface area contributed by atoms with Crippen LogP contribution in [0.1, 0.15) is 87.8 Å². The molecule has 6 rings (SSSR count). The molecule has 2 aromatic rings. The van der Waals surface area contributed by atoms with E-state index in [0.717, 1.165) is 70.5 Å². The van der Waals surface area contributed by atoms with Gasteiger partial charge in [0, 0.05) is 38.3 Å². The molecule has 1 atom stereocenters. The first-order valence-electron chi connectivity index (χ1n) is 15.9. The van der Waals surface area contributed by atoms with Crippen LogP contribution in [-0.2, 0) is 11.3 Å². The standard InChI is InChI=1S/C34H45N3O4/c38-33(39)27-13-17-31(18-14-27)41-30-15-11-25(12-16-30)23-35-21-19-29(20-22-35)37-32(26-7-3-1-4-8-26)24-36(34(37)40)28-9-5-2-6-10-28/h1,3-4,7-8,11-12,15-16,27-29,31-32H,2,5-6,9-10,13-14,17-24H2,(H,38,39)/t27?,31?,32-/m0/s1. The van der Waals surface area contributed by atoms with E-state index in [1.807, 2.05) is 0 Å². The lowest BCUT2D eigenvalue weighted by Crippen LogP contribution is -2.48. The predicted octanol–water partition coefficient (Wildman–Crippen LogP) is 6.48. The fourth-order valence-electron chi connectivity index (χ4n) is 7.59. The maximum Gasteiger partial charge on any atom is 0.321 e. The minimum atomic E-state index is -0.679. The van der Waals surface area contributed by atoms with E-state index in [-0.39, 0.29) is 30.1 Å². The zero-order valence-electron chi connectivity index (χ0n) is 24.2. The third-order valence-electron chi connectivity index (χ3n) is 9.98. The molecule has 2 saturated carbocycles. The number of aliphatic carboxylic acids is 1. The summed E-state index contributed by atoms with van der Waals surface area (Å²) in [7, 11) is 0. The van der Waals surface area contributed by atoms with Crippen molar-refractivity contribution in [3.63, 3.8) is 0 Å². The van der Waals surface area contributed by atoms with Gasteiger partial charge >= 0.3 is 12.0 Å². The summed E-state index contributed by atoms with van der Waals surface area (Å²) < 4.78 is 6.16. The highest BCUT2D eigenvalue weighted by Crippen LogP contribution is 2.38. The van der Waals surface area contributed by atoms with Gasteiger partial charge in [0.2, 0.25) is 0 Å². The number of rotatable bonds is 8. The molecule has 0 aromatic heterocycles. The SMILES string of the molecule is O=C(O)C1CCC(Oc2ccc(CN3CCC(N4C(=O)N(C5CCCCC5)C[C@H]4c4ccccc4)CC3)cc2)CC1. The van der Waals surface area contributed by atoms with Crippen molar-refractivity contribution in [1.29, 1.82) is 0 Å². The summed E-state index contributed by atoms with van der Waals surface area (Å²) in [6.45, 7) is 3.71. The fourth-order valence-corrected chi connectivity index (χ4v) is 7.59. The van der Waals surface area contributed by atoms with Crippen LogP contribution in [0.3, 0.4) is 0 Å². The molecule has 2 saturated heterocycles. The monoisotopic (exact) mass is 559 g/mol. The van der Waals surface area contributed by atoms with Gasteiger partial charge in [-0.15, -0.1) is 0 Å². The second kappa shape index (κ2) is 12.8. The predicted molar refractivity (Wildman–Crippen MR) is 159 cm³/mol. The number of hydrogen-bond acceptors (Lipinski definition) is 4. The minimum Gasteiger partial charge on any atom is -0.490 e. The number of carbonyl (C=O) groups excluding carboxylic acids is 1. The number of likely N-dealkylation sites (tertiary alicyclic amines) is 1. The van der Waals surface area contributed by atoms with E-state index in [2.05, 4.69) is 69.3 Å². The third kappa shape index (κ3) is 6.56. The number of piperidine rings is 1. The molecule has 2 aromatic carbocycles. The van der Waals surface area contributed by atoms with E-state index >= 15 is 0 Å². The van der Waals surface area contributed by atoms with Gasteiger partial charge in [-0.1, -0.05) is 61.7 Å². The summed E-state index contributed by atoms with van der Waals surface area (Å²) in [6.07, 6.45) is 11.2. The molecule has 41 heavy (non-hydrogen) atoms. The minimum absolute atomic E-state index is 0.109. The molecular formula is C34H45N3O4. The van der Waals surface area contributed by atoms with Crippen molar-refractivity contribution >= 4 is 12.0 Å². The molecular weight excluding hydrogens is 514 g/mol. The molecule has 0 spiro atoms. The van der Waals surface area contributed by atoms with Crippen LogP contribution in [-0.4, -0.2) is 69.6 Å². The normalized spacial score (nSPS) is 26.8. The highest BCUT2D eigenvalue weighted by molar-refractivity contribution is 5.78. The maximum atomic E-state index is 13.9. The molecule has 7 nitrogen and oxygen atoms in total. The Morgan fingerprint density at radius 2 is 1.49 bits per heavy atom. The van der Waals surface area contributed by atoms with Crippen LogP contribution in [0.5, 0.6) is 5.75 Å². The van der Waals surface area contributed by atoms with Gasteiger partial charge in [0.05, 0.1) is 18.1 Å². The number of carboxylic acids is 1. The average molecular weight is 560 g/mol. The van der Waals surface area contributed by atoms with Gasteiger partial charge in [0.15, 0.2) is 0 Å². The van der Waals surface area contributed by atoms with Gasteiger partial charge in [0.25, 0.3) is 0 Å². The number of hydrogen-bond donors (Lipinski definition) is 1. The van der Waals surface area contributed by atoms with Crippen molar-refractivity contribution < 1.29 is 19.4 Å². The molecule has 2 heterocycles. The molecule has 2 aliphatic heterocycles. The van der Waals surface area contributed by atoms with Gasteiger partial charge in [-0.2, -0.15) is 0 Å². The molecule has 0 radical (unpaired) electrons. The lowest BCUT2D eigenvalue weighted by atomic mass is 9.87. The van der Waals surface area contributed by atoms with E-state index in [4.69, 9.17) is 4.74 Å². The van der Waals surface area contributed by atoms with Crippen LogP contribution in [0.15, 0.2) is 54.6 Å². The van der Waals surface area contributed by atoms with Crippen molar-refractivity contribution in [2.75, 3.05) is 19.6 Å². The smallest absolute Gasteiger partial charge is 0.321 e. The lowest BCUT2D eigenvalue weighted by Gasteiger charge is -2.39. The fraction of sp³-hybridized carbons (Fsp3) is 0.588. The Bertz CT molecular complexity index is 1150. The lowest BCUT2D eigenvalue weighted by molar-refractivity contribution is -0.143. The first kappa shape index (κ1) is 28.1. The summed E-state index contributed by atoms with van der Waals surface area (Å²) >= 11 is 0. The molecule has 2 aliphatic carbocycles. The Balaban J connectivity index is 1.03. The number of benzene rings is 2. The topological polar surface area (TPSA) is 73.3 Å². The Morgan fingerprint density at radius 1 is 0.805 bits per heavy atom. The van der Waals surface area contributed by atoms with Gasteiger partial charge in [-0.25, -0.2) is 4.79 Å². The van der Waals surface area contributed by atoms with Crippen LogP contribution in [0.25, 0.3) is 0 Å². The molecule has 7 heteroatoms. The number of amides is 2. The number of urea groups is 1. The van der Waals surface area contributed by atoms with Crippen LogP contribution < -0.4 is 4.74 Å². The molecule has 0 unspecified atom stereocenters. The second-order valence-corrected chi connectivity index (χ2v) is 12.6. The van der Waals surface area contributed by atoms with Gasteiger partial charge in [-0.3, -0.25) is 9.69 Å². The van der Waals surface area contributed by atoms with Crippen LogP contribution in [0, 0.1) is 5.92 Å². The van der Waals surface area contributed by atoms with Crippen LogP contribution in [0.2, 0.25) is 0 Å². The molecule has 0 bridgehead atoms. The number of nitrogens with zero attached hydrogens (tertiary/aromatic N) is 3. The summed E-state index contributed by atoms with van der Waals surface area (Å²) in [6, 6.07) is 20.2. The Kier molecular flexibility index (Phi) is 8.80. The molecule has 220 valence electrons. The molecule has 4 fully saturated rings. The summed E-state index contributed by atoms with van der Waals surface area (Å²) in [5, 5.41) is 9.22. The quantitative estimate of drug-likeness (QED) is 0.401. The highest BCUT2D eigenvalue weighted by atomic mass is 16.5. The zero-order valence-corrected chi connectivity index (χ0v) is 24.2. The molecule has 4 aliphatic rings. The van der Waals surface area contributed by atoms with E-state index in [9.17, 15) is 14.7 Å². The van der Waals surface area contributed by atoms with E-state index in [1.54, 1.807) is 0 Å². The summed E-state index contributed by atoms with van der Waals surface area (Å²) in [5.41, 5.74) is 2.53. The molecule has 2 amide bonds. The van der Waals surface area contributed by atoms with Crippen LogP contribution >= 0.6 is 0 Å². The zero-order chi connectivity index (χ0) is 28.2. The number of carbonyl (C=O) groups is 2. The van der Waals surface area contributed by atoms with Crippen molar-refractivity contribution in [2.24, 2.45) is 5.92 Å². The van der Waals surface area contributed by atoms with Crippen molar-refractivity contribution in [3.05, 3.63) is 65.7 Å². The maximum absolute atomic E-state index is 13.9. The summed E-state index contributed by atoms with van der Waals surface area (Å²) in [5.74, 6) is -0.0282. The first-order valence-corrected chi connectivity index (χ1v) is 15.9. The Morgan fingerprint density at radius 3 is 2.15 bits per heavy atom. The average Bonchev–Trinajstić information content (AvgIpc) is 3.36. The van der Waals surface area contributed by atoms with Crippen molar-refractivity contribution in [2.45, 2.75) is 101 Å². The van der Waals surface area contributed by atoms with E-state index < -0.39 is 5.97 Å². The number of ether oxygens (including phenoxy) is 1. The summed E-state index contributed by atoms with van der Waals surface area (Å²) in [4.78, 5) is 32.1. The van der Waals surface area contributed by atoms with Gasteiger partial charge < -0.3 is 19.6 Å². The Hall–Kier alpha value is -3.06. The first-order chi connectivity index (χ1) is 20.0. The van der Waals surface area contributed by atoms with Crippen LogP contribution in [0.4, 0.5) is 4.79 Å². The highest BCUT2D eigenvalue weighted by Gasteiger charge is 2.45. The number of carboxylic acid groups (broad SMARTS) is 1. The second-order valence-electron chi connectivity index (χ2n) is 12.6. The van der Waals surface area contributed by atoms with E-state index in [1.165, 1.54) is 30.4 Å². The van der Waals surface area contributed by atoms with Crippen molar-refractivity contribution in [1.82, 2.24) is 14.7 Å². The van der Waals surface area contributed by atoms with E-state index in [0.29, 0.717) is 18.9 Å². The van der Waals surface area contributed by atoms with Gasteiger partial charge in [0.1, 0.15) is 5.75 Å². The Labute approximate surface area is 244 Å². The third-order valence-corrected chi connectivity index (χ3v) is 9.98.